The summed E-state index contributed by atoms with van der Waals surface area (Å²) in [4.78, 5) is 13.6. The van der Waals surface area contributed by atoms with E-state index in [1.54, 1.807) is 4.68 Å². The van der Waals surface area contributed by atoms with Crippen molar-refractivity contribution in [3.05, 3.63) is 47.2 Å². The molecule has 0 radical (unpaired) electrons. The minimum Gasteiger partial charge on any atom is -0.336 e. The highest BCUT2D eigenvalue weighted by atomic mass is 16.5. The van der Waals surface area contributed by atoms with Crippen LogP contribution in [0.5, 0.6) is 0 Å². The molecule has 0 aliphatic rings. The maximum Gasteiger partial charge on any atom is 0.258 e. The lowest BCUT2D eigenvalue weighted by Gasteiger charge is -2.07. The van der Waals surface area contributed by atoms with Crippen LogP contribution in [0.3, 0.4) is 0 Å². The van der Waals surface area contributed by atoms with Crippen LogP contribution in [0.2, 0.25) is 0 Å². The van der Waals surface area contributed by atoms with E-state index in [9.17, 15) is 0 Å². The third-order valence-corrected chi connectivity index (χ3v) is 3.79. The number of fused-ring (bicyclic) bond motifs is 1. The average Bonchev–Trinajstić information content (AvgIpc) is 3.10. The molecule has 0 bridgehead atoms. The normalized spacial score (nSPS) is 11.3. The first-order chi connectivity index (χ1) is 11.5. The summed E-state index contributed by atoms with van der Waals surface area (Å²) in [7, 11) is 0. The fraction of sp³-hybridized carbons (Fsp3) is 0.235. The molecule has 7 heteroatoms. The van der Waals surface area contributed by atoms with E-state index >= 15 is 0 Å². The Labute approximate surface area is 138 Å². The molecule has 0 fully saturated rings. The summed E-state index contributed by atoms with van der Waals surface area (Å²) in [5.41, 5.74) is 3.92. The Balaban J connectivity index is 2.04. The second-order valence-corrected chi connectivity index (χ2v) is 5.79. The zero-order valence-electron chi connectivity index (χ0n) is 13.9. The van der Waals surface area contributed by atoms with Crippen molar-refractivity contribution in [1.29, 1.82) is 0 Å². The van der Waals surface area contributed by atoms with Gasteiger partial charge in [-0.1, -0.05) is 11.2 Å². The first kappa shape index (κ1) is 14.5. The van der Waals surface area contributed by atoms with Crippen molar-refractivity contribution in [2.75, 3.05) is 0 Å². The molecule has 0 unspecified atom stereocenters. The van der Waals surface area contributed by atoms with Crippen LogP contribution < -0.4 is 0 Å². The van der Waals surface area contributed by atoms with Gasteiger partial charge in [0.05, 0.1) is 11.1 Å². The molecule has 4 heterocycles. The highest BCUT2D eigenvalue weighted by molar-refractivity contribution is 5.92. The van der Waals surface area contributed by atoms with Gasteiger partial charge in [0.25, 0.3) is 5.71 Å². The van der Waals surface area contributed by atoms with Gasteiger partial charge in [0.2, 0.25) is 0 Å². The molecular formula is C17H16N6O. The molecule has 4 aromatic rings. The number of aromatic nitrogens is 6. The van der Waals surface area contributed by atoms with Crippen LogP contribution in [-0.4, -0.2) is 29.9 Å². The van der Waals surface area contributed by atoms with Gasteiger partial charge in [-0.2, -0.15) is 4.68 Å². The van der Waals surface area contributed by atoms with E-state index in [1.165, 1.54) is 0 Å². The number of nitrogens with zero attached hydrogens (tertiary/aromatic N) is 6. The third-order valence-electron chi connectivity index (χ3n) is 3.79. The zero-order valence-corrected chi connectivity index (χ0v) is 13.9. The van der Waals surface area contributed by atoms with Crippen molar-refractivity contribution >= 4 is 11.1 Å². The number of rotatable bonds is 2. The van der Waals surface area contributed by atoms with E-state index < -0.39 is 0 Å². The molecule has 7 nitrogen and oxygen atoms in total. The molecule has 24 heavy (non-hydrogen) atoms. The summed E-state index contributed by atoms with van der Waals surface area (Å²) < 4.78 is 7.08. The Hall–Kier alpha value is -3.09. The van der Waals surface area contributed by atoms with Crippen molar-refractivity contribution in [2.24, 2.45) is 0 Å². The van der Waals surface area contributed by atoms with Crippen molar-refractivity contribution < 1.29 is 4.52 Å². The number of hydrogen-bond acceptors (Lipinski definition) is 6. The number of pyridine rings is 2. The van der Waals surface area contributed by atoms with Crippen molar-refractivity contribution in [1.82, 2.24) is 29.9 Å². The van der Waals surface area contributed by atoms with Crippen LogP contribution in [0.1, 0.15) is 22.9 Å². The summed E-state index contributed by atoms with van der Waals surface area (Å²) in [5.74, 6) is 2.10. The van der Waals surface area contributed by atoms with Crippen molar-refractivity contribution in [3.63, 3.8) is 0 Å². The van der Waals surface area contributed by atoms with Crippen molar-refractivity contribution in [3.8, 4) is 17.2 Å². The molecule has 0 spiro atoms. The Morgan fingerprint density at radius 3 is 2.58 bits per heavy atom. The van der Waals surface area contributed by atoms with E-state index in [-0.39, 0.29) is 0 Å². The minimum absolute atomic E-state index is 0.506. The molecule has 0 saturated heterocycles. The summed E-state index contributed by atoms with van der Waals surface area (Å²) in [5, 5.41) is 9.41. The predicted octanol–water partition coefficient (Wildman–Crippen LogP) is 3.10. The Morgan fingerprint density at radius 1 is 0.958 bits per heavy atom. The van der Waals surface area contributed by atoms with Crippen LogP contribution >= 0.6 is 0 Å². The molecule has 0 N–H and O–H groups in total. The third kappa shape index (κ3) is 2.25. The van der Waals surface area contributed by atoms with E-state index in [4.69, 9.17) is 4.52 Å². The fourth-order valence-electron chi connectivity index (χ4n) is 2.79. The molecule has 0 aliphatic heterocycles. The Bertz CT molecular complexity index is 1060. The molecule has 0 aliphatic carbocycles. The highest BCUT2D eigenvalue weighted by Crippen LogP contribution is 2.30. The molecule has 120 valence electrons. The van der Waals surface area contributed by atoms with Gasteiger partial charge in [0, 0.05) is 17.0 Å². The second-order valence-electron chi connectivity index (χ2n) is 5.79. The lowest BCUT2D eigenvalue weighted by molar-refractivity contribution is 0.442. The van der Waals surface area contributed by atoms with E-state index in [0.717, 1.165) is 33.8 Å². The monoisotopic (exact) mass is 320 g/mol. The summed E-state index contributed by atoms with van der Waals surface area (Å²) in [6.45, 7) is 7.62. The molecule has 4 rings (SSSR count). The largest absolute Gasteiger partial charge is 0.336 e. The van der Waals surface area contributed by atoms with Gasteiger partial charge < -0.3 is 4.52 Å². The molecule has 0 saturated carbocycles. The van der Waals surface area contributed by atoms with Gasteiger partial charge in [0.15, 0.2) is 11.6 Å². The van der Waals surface area contributed by atoms with Gasteiger partial charge in [0.1, 0.15) is 5.82 Å². The topological polar surface area (TPSA) is 82.5 Å². The maximum atomic E-state index is 5.33. The lowest BCUT2D eigenvalue weighted by atomic mass is 10.1. The van der Waals surface area contributed by atoms with Crippen LogP contribution in [0.15, 0.2) is 28.8 Å². The molecule has 0 atom stereocenters. The van der Waals surface area contributed by atoms with Gasteiger partial charge in [-0.3, -0.25) is 0 Å². The van der Waals surface area contributed by atoms with E-state index in [0.29, 0.717) is 17.4 Å². The Kier molecular flexibility index (Phi) is 3.16. The molecule has 0 aromatic carbocycles. The Morgan fingerprint density at radius 2 is 1.79 bits per heavy atom. The van der Waals surface area contributed by atoms with E-state index in [1.807, 2.05) is 52.0 Å². The first-order valence-electron chi connectivity index (χ1n) is 7.64. The maximum absolute atomic E-state index is 5.33. The smallest absolute Gasteiger partial charge is 0.258 e. The van der Waals surface area contributed by atoms with Gasteiger partial charge in [-0.05, 0) is 45.9 Å². The standard InChI is InChI=1S/C17H16N6O/c1-9-6-5-7-14(18-9)23-16(20-12(4)21-23)13-8-10(2)19-17-15(13)11(3)22-24-17/h5-8H,1-4H3. The van der Waals surface area contributed by atoms with Crippen molar-refractivity contribution in [2.45, 2.75) is 27.7 Å². The summed E-state index contributed by atoms with van der Waals surface area (Å²) in [6, 6.07) is 7.79. The van der Waals surface area contributed by atoms with Gasteiger partial charge >= 0.3 is 0 Å². The van der Waals surface area contributed by atoms with Crippen LogP contribution in [0.25, 0.3) is 28.3 Å². The summed E-state index contributed by atoms with van der Waals surface area (Å²) in [6.07, 6.45) is 0. The number of hydrogen-bond donors (Lipinski definition) is 0. The van der Waals surface area contributed by atoms with Gasteiger partial charge in [-0.25, -0.2) is 15.0 Å². The summed E-state index contributed by atoms with van der Waals surface area (Å²) >= 11 is 0. The van der Waals surface area contributed by atoms with Crippen LogP contribution in [0, 0.1) is 27.7 Å². The second kappa shape index (κ2) is 5.23. The van der Waals surface area contributed by atoms with Crippen LogP contribution in [0.4, 0.5) is 0 Å². The first-order valence-corrected chi connectivity index (χ1v) is 7.64. The molecular weight excluding hydrogens is 304 g/mol. The van der Waals surface area contributed by atoms with Crippen LogP contribution in [-0.2, 0) is 0 Å². The zero-order chi connectivity index (χ0) is 16.8. The predicted molar refractivity (Wildman–Crippen MR) is 88.9 cm³/mol. The highest BCUT2D eigenvalue weighted by Gasteiger charge is 2.20. The molecule has 4 aromatic heterocycles. The minimum atomic E-state index is 0.506. The van der Waals surface area contributed by atoms with Gasteiger partial charge in [-0.15, -0.1) is 5.10 Å². The fourth-order valence-corrected chi connectivity index (χ4v) is 2.79. The molecule has 0 amide bonds. The average molecular weight is 320 g/mol. The lowest BCUT2D eigenvalue weighted by Crippen LogP contribution is -2.03. The SMILES string of the molecule is Cc1cccc(-n2nc(C)nc2-c2cc(C)nc3onc(C)c23)n1. The quantitative estimate of drug-likeness (QED) is 0.564. The number of aryl methyl sites for hydroxylation is 4. The van der Waals surface area contributed by atoms with E-state index in [2.05, 4.69) is 25.2 Å².